The second-order valence-corrected chi connectivity index (χ2v) is 8.10. The summed E-state index contributed by atoms with van der Waals surface area (Å²) < 4.78 is 16.0. The van der Waals surface area contributed by atoms with Crippen LogP contribution in [0.1, 0.15) is 0 Å². The molecule has 1 aromatic heterocycles. The number of hydrogen-bond donors (Lipinski definition) is 1. The summed E-state index contributed by atoms with van der Waals surface area (Å²) in [5.74, 6) is 0.269. The summed E-state index contributed by atoms with van der Waals surface area (Å²) in [5, 5.41) is 12.0. The Bertz CT molecular complexity index is 1170. The molecule has 1 N–H and O–H groups in total. The zero-order valence-electron chi connectivity index (χ0n) is 15.6. The van der Waals surface area contributed by atoms with Gasteiger partial charge in [-0.15, -0.1) is 10.2 Å². The average Bonchev–Trinajstić information content (AvgIpc) is 3.19. The lowest BCUT2D eigenvalue weighted by Gasteiger charge is -2.11. The minimum absolute atomic E-state index is 0.155. The summed E-state index contributed by atoms with van der Waals surface area (Å²) in [6, 6.07) is 23.1. The molecule has 4 rings (SSSR count). The third-order valence-electron chi connectivity index (χ3n) is 4.23. The second-order valence-electron chi connectivity index (χ2n) is 6.30. The summed E-state index contributed by atoms with van der Waals surface area (Å²) in [7, 11) is 0. The zero-order chi connectivity index (χ0) is 20.9. The topological polar surface area (TPSA) is 59.8 Å². The van der Waals surface area contributed by atoms with Gasteiger partial charge in [0.05, 0.1) is 11.4 Å². The van der Waals surface area contributed by atoms with E-state index in [1.54, 1.807) is 12.1 Å². The monoisotopic (exact) mass is 482 g/mol. The number of para-hydroxylation sites is 2. The van der Waals surface area contributed by atoms with Crippen molar-refractivity contribution in [2.75, 3.05) is 11.1 Å². The van der Waals surface area contributed by atoms with Crippen LogP contribution in [0, 0.1) is 5.82 Å². The number of carbonyl (C=O) groups is 1. The molecule has 0 aliphatic carbocycles. The molecular formula is C22H16BrFN4OS. The van der Waals surface area contributed by atoms with Crippen LogP contribution >= 0.6 is 27.7 Å². The van der Waals surface area contributed by atoms with Crippen molar-refractivity contribution in [3.63, 3.8) is 0 Å². The molecule has 4 aromatic rings. The summed E-state index contributed by atoms with van der Waals surface area (Å²) in [6.45, 7) is 0. The Hall–Kier alpha value is -2.97. The number of nitrogens with one attached hydrogen (secondary N) is 1. The molecule has 0 radical (unpaired) electrons. The van der Waals surface area contributed by atoms with Gasteiger partial charge in [-0.2, -0.15) is 0 Å². The van der Waals surface area contributed by atoms with E-state index in [2.05, 4.69) is 31.4 Å². The van der Waals surface area contributed by atoms with E-state index >= 15 is 0 Å². The van der Waals surface area contributed by atoms with Gasteiger partial charge in [-0.1, -0.05) is 42.1 Å². The predicted molar refractivity (Wildman–Crippen MR) is 120 cm³/mol. The summed E-state index contributed by atoms with van der Waals surface area (Å²) in [5.41, 5.74) is 2.30. The largest absolute Gasteiger partial charge is 0.324 e. The third kappa shape index (κ3) is 4.60. The predicted octanol–water partition coefficient (Wildman–Crippen LogP) is 5.57. The van der Waals surface area contributed by atoms with Gasteiger partial charge in [0, 0.05) is 15.7 Å². The van der Waals surface area contributed by atoms with E-state index in [9.17, 15) is 9.18 Å². The second kappa shape index (κ2) is 9.23. The molecule has 0 spiro atoms. The molecule has 1 amide bonds. The molecule has 0 aliphatic rings. The van der Waals surface area contributed by atoms with Crippen molar-refractivity contribution >= 4 is 39.3 Å². The van der Waals surface area contributed by atoms with Crippen LogP contribution in [0.5, 0.6) is 0 Å². The van der Waals surface area contributed by atoms with Gasteiger partial charge in [-0.25, -0.2) is 4.39 Å². The number of carbonyl (C=O) groups excluding carboxylic acids is 1. The molecule has 5 nitrogen and oxygen atoms in total. The molecule has 0 fully saturated rings. The normalized spacial score (nSPS) is 10.7. The molecule has 0 unspecified atom stereocenters. The highest BCUT2D eigenvalue weighted by molar-refractivity contribution is 9.10. The van der Waals surface area contributed by atoms with Gasteiger partial charge in [0.1, 0.15) is 5.82 Å². The Morgan fingerprint density at radius 3 is 2.40 bits per heavy atom. The fourth-order valence-corrected chi connectivity index (χ4v) is 3.97. The molecule has 30 heavy (non-hydrogen) atoms. The number of hydrogen-bond acceptors (Lipinski definition) is 4. The van der Waals surface area contributed by atoms with Crippen LogP contribution in [-0.2, 0) is 4.79 Å². The number of rotatable bonds is 6. The summed E-state index contributed by atoms with van der Waals surface area (Å²) in [4.78, 5) is 12.4. The van der Waals surface area contributed by atoms with E-state index in [-0.39, 0.29) is 17.5 Å². The van der Waals surface area contributed by atoms with E-state index in [0.717, 1.165) is 15.7 Å². The van der Waals surface area contributed by atoms with Gasteiger partial charge < -0.3 is 5.32 Å². The number of aromatic nitrogens is 3. The highest BCUT2D eigenvalue weighted by Crippen LogP contribution is 2.28. The number of nitrogens with zero attached hydrogens (tertiary/aromatic N) is 3. The van der Waals surface area contributed by atoms with E-state index < -0.39 is 0 Å². The molecule has 0 saturated heterocycles. The lowest BCUT2D eigenvalue weighted by Crippen LogP contribution is -2.15. The van der Waals surface area contributed by atoms with Crippen molar-refractivity contribution in [1.82, 2.24) is 14.8 Å². The van der Waals surface area contributed by atoms with Crippen LogP contribution in [0.2, 0.25) is 0 Å². The lowest BCUT2D eigenvalue weighted by atomic mass is 10.2. The molecule has 8 heteroatoms. The van der Waals surface area contributed by atoms with Gasteiger partial charge in [0.15, 0.2) is 11.0 Å². The standard InChI is InChI=1S/C22H16BrFN4OS/c23-18-8-4-5-9-19(18)25-20(29)14-30-22-27-26-21(15-10-12-16(24)13-11-15)28(22)17-6-2-1-3-7-17/h1-13H,14H2,(H,25,29). The maximum Gasteiger partial charge on any atom is 0.234 e. The quantitative estimate of drug-likeness (QED) is 0.365. The third-order valence-corrected chi connectivity index (χ3v) is 5.85. The Morgan fingerprint density at radius 2 is 1.67 bits per heavy atom. The average molecular weight is 483 g/mol. The Balaban J connectivity index is 1.59. The van der Waals surface area contributed by atoms with E-state index in [1.807, 2.05) is 59.2 Å². The number of anilines is 1. The van der Waals surface area contributed by atoms with Crippen molar-refractivity contribution in [3.8, 4) is 17.1 Å². The molecule has 1 heterocycles. The molecule has 0 bridgehead atoms. The lowest BCUT2D eigenvalue weighted by molar-refractivity contribution is -0.113. The molecule has 0 saturated carbocycles. The maximum atomic E-state index is 13.4. The number of amides is 1. The van der Waals surface area contributed by atoms with Gasteiger partial charge in [-0.3, -0.25) is 9.36 Å². The van der Waals surface area contributed by atoms with Crippen LogP contribution in [0.15, 0.2) is 88.5 Å². The van der Waals surface area contributed by atoms with Gasteiger partial charge >= 0.3 is 0 Å². The first-order chi connectivity index (χ1) is 14.6. The maximum absolute atomic E-state index is 13.4. The van der Waals surface area contributed by atoms with Crippen molar-refractivity contribution in [3.05, 3.63) is 89.2 Å². The Morgan fingerprint density at radius 1 is 0.967 bits per heavy atom. The first-order valence-electron chi connectivity index (χ1n) is 9.06. The minimum atomic E-state index is -0.317. The zero-order valence-corrected chi connectivity index (χ0v) is 18.0. The highest BCUT2D eigenvalue weighted by atomic mass is 79.9. The first-order valence-corrected chi connectivity index (χ1v) is 10.8. The Kier molecular flexibility index (Phi) is 6.25. The van der Waals surface area contributed by atoms with Gasteiger partial charge in [0.2, 0.25) is 5.91 Å². The van der Waals surface area contributed by atoms with E-state index in [4.69, 9.17) is 0 Å². The Labute approximate surface area is 185 Å². The summed E-state index contributed by atoms with van der Waals surface area (Å²) in [6.07, 6.45) is 0. The van der Waals surface area contributed by atoms with Gasteiger partial charge in [0.25, 0.3) is 0 Å². The van der Waals surface area contributed by atoms with E-state index in [1.165, 1.54) is 23.9 Å². The van der Waals surface area contributed by atoms with Crippen molar-refractivity contribution in [1.29, 1.82) is 0 Å². The van der Waals surface area contributed by atoms with Crippen molar-refractivity contribution in [2.24, 2.45) is 0 Å². The molecular weight excluding hydrogens is 467 g/mol. The fraction of sp³-hybridized carbons (Fsp3) is 0.0455. The van der Waals surface area contributed by atoms with Crippen molar-refractivity contribution < 1.29 is 9.18 Å². The van der Waals surface area contributed by atoms with E-state index in [0.29, 0.717) is 16.7 Å². The SMILES string of the molecule is O=C(CSc1nnc(-c2ccc(F)cc2)n1-c1ccccc1)Nc1ccccc1Br. The van der Waals surface area contributed by atoms with Gasteiger partial charge in [-0.05, 0) is 64.5 Å². The van der Waals surface area contributed by atoms with Crippen molar-refractivity contribution in [2.45, 2.75) is 5.16 Å². The van der Waals surface area contributed by atoms with Crippen LogP contribution in [0.3, 0.4) is 0 Å². The van der Waals surface area contributed by atoms with Crippen LogP contribution in [0.25, 0.3) is 17.1 Å². The smallest absolute Gasteiger partial charge is 0.234 e. The molecule has 0 aliphatic heterocycles. The number of halogens is 2. The molecule has 150 valence electrons. The number of benzene rings is 3. The van der Waals surface area contributed by atoms with Crippen LogP contribution in [0.4, 0.5) is 10.1 Å². The molecule has 3 aromatic carbocycles. The summed E-state index contributed by atoms with van der Waals surface area (Å²) >= 11 is 4.70. The van der Waals surface area contributed by atoms with Crippen LogP contribution in [-0.4, -0.2) is 26.4 Å². The first kappa shape index (κ1) is 20.3. The highest BCUT2D eigenvalue weighted by Gasteiger charge is 2.17. The van der Waals surface area contributed by atoms with Crippen LogP contribution < -0.4 is 5.32 Å². The fourth-order valence-electron chi connectivity index (χ4n) is 2.84. The number of thioether (sulfide) groups is 1. The minimum Gasteiger partial charge on any atom is -0.324 e. The molecule has 0 atom stereocenters.